The second kappa shape index (κ2) is 2.70. The van der Waals surface area contributed by atoms with Gasteiger partial charge in [0.05, 0.1) is 0 Å². The summed E-state index contributed by atoms with van der Waals surface area (Å²) in [6.07, 6.45) is 4.42. The van der Waals surface area contributed by atoms with Crippen molar-refractivity contribution in [2.45, 2.75) is 60.8 Å². The molecule has 0 spiro atoms. The molecule has 3 aliphatic carbocycles. The zero-order chi connectivity index (χ0) is 11.9. The Morgan fingerprint density at radius 3 is 2.00 bits per heavy atom. The SMILES string of the molecule is CCC12CC1(C)C(C)C(C)(C1CC1C)C2C. The topological polar surface area (TPSA) is 0 Å². The largest absolute Gasteiger partial charge is 0.0648 e. The van der Waals surface area contributed by atoms with Crippen LogP contribution in [-0.4, -0.2) is 0 Å². The maximum absolute atomic E-state index is 2.62. The van der Waals surface area contributed by atoms with Gasteiger partial charge in [-0.2, -0.15) is 0 Å². The van der Waals surface area contributed by atoms with Crippen molar-refractivity contribution in [3.8, 4) is 0 Å². The molecule has 0 aromatic rings. The van der Waals surface area contributed by atoms with E-state index in [-0.39, 0.29) is 0 Å². The van der Waals surface area contributed by atoms with E-state index in [1.165, 1.54) is 19.3 Å². The van der Waals surface area contributed by atoms with E-state index in [2.05, 4.69) is 41.5 Å². The van der Waals surface area contributed by atoms with Crippen LogP contribution in [0.15, 0.2) is 0 Å². The van der Waals surface area contributed by atoms with Gasteiger partial charge in [-0.3, -0.25) is 0 Å². The van der Waals surface area contributed by atoms with Gasteiger partial charge in [0.2, 0.25) is 0 Å². The highest BCUT2D eigenvalue weighted by molar-refractivity contribution is 5.28. The molecule has 0 heterocycles. The van der Waals surface area contributed by atoms with Gasteiger partial charge in [-0.15, -0.1) is 0 Å². The van der Waals surface area contributed by atoms with Crippen molar-refractivity contribution in [3.05, 3.63) is 0 Å². The standard InChI is InChI=1S/C16H28/c1-7-16-9-14(16,5)11(3)15(6,12(16)4)13-8-10(13)2/h10-13H,7-9H2,1-6H3. The quantitative estimate of drug-likeness (QED) is 0.630. The van der Waals surface area contributed by atoms with Gasteiger partial charge in [-0.05, 0) is 59.2 Å². The van der Waals surface area contributed by atoms with Gasteiger partial charge in [0.25, 0.3) is 0 Å². The van der Waals surface area contributed by atoms with E-state index < -0.39 is 0 Å². The fourth-order valence-electron chi connectivity index (χ4n) is 6.17. The summed E-state index contributed by atoms with van der Waals surface area (Å²) in [6, 6.07) is 0. The molecule has 0 aromatic carbocycles. The third-order valence-corrected chi connectivity index (χ3v) is 7.89. The molecule has 3 aliphatic rings. The van der Waals surface area contributed by atoms with Crippen LogP contribution >= 0.6 is 0 Å². The van der Waals surface area contributed by atoms with Crippen molar-refractivity contribution in [1.82, 2.24) is 0 Å². The fourth-order valence-corrected chi connectivity index (χ4v) is 6.17. The highest BCUT2D eigenvalue weighted by Gasteiger charge is 2.80. The van der Waals surface area contributed by atoms with Gasteiger partial charge >= 0.3 is 0 Å². The van der Waals surface area contributed by atoms with Gasteiger partial charge in [-0.1, -0.05) is 41.5 Å². The van der Waals surface area contributed by atoms with Crippen LogP contribution in [0.3, 0.4) is 0 Å². The molecule has 0 heteroatoms. The molecule has 0 aromatic heterocycles. The molecule has 0 radical (unpaired) electrons. The zero-order valence-corrected chi connectivity index (χ0v) is 11.9. The summed E-state index contributed by atoms with van der Waals surface area (Å²) >= 11 is 0. The van der Waals surface area contributed by atoms with Crippen molar-refractivity contribution < 1.29 is 0 Å². The molecule has 0 amide bonds. The Morgan fingerprint density at radius 2 is 1.62 bits per heavy atom. The molecular weight excluding hydrogens is 192 g/mol. The third kappa shape index (κ3) is 0.875. The Morgan fingerprint density at radius 1 is 1.06 bits per heavy atom. The van der Waals surface area contributed by atoms with Gasteiger partial charge in [0, 0.05) is 0 Å². The Labute approximate surface area is 101 Å². The van der Waals surface area contributed by atoms with Crippen molar-refractivity contribution in [3.63, 3.8) is 0 Å². The van der Waals surface area contributed by atoms with Crippen LogP contribution in [0.4, 0.5) is 0 Å². The number of hydrogen-bond acceptors (Lipinski definition) is 0. The number of rotatable bonds is 2. The average Bonchev–Trinajstić information content (AvgIpc) is 3.10. The first-order chi connectivity index (χ1) is 7.34. The van der Waals surface area contributed by atoms with Crippen LogP contribution in [0, 0.1) is 39.9 Å². The maximum atomic E-state index is 2.62. The average molecular weight is 220 g/mol. The van der Waals surface area contributed by atoms with Gasteiger partial charge in [0.1, 0.15) is 0 Å². The molecule has 16 heavy (non-hydrogen) atoms. The molecule has 0 aliphatic heterocycles. The van der Waals surface area contributed by atoms with Gasteiger partial charge < -0.3 is 0 Å². The first kappa shape index (κ1) is 11.1. The van der Waals surface area contributed by atoms with E-state index >= 15 is 0 Å². The minimum atomic E-state index is 0.641. The minimum absolute atomic E-state index is 0.641. The Kier molecular flexibility index (Phi) is 1.87. The van der Waals surface area contributed by atoms with Crippen molar-refractivity contribution >= 4 is 0 Å². The van der Waals surface area contributed by atoms with Crippen LogP contribution in [0.25, 0.3) is 0 Å². The summed E-state index contributed by atoms with van der Waals surface area (Å²) in [5, 5.41) is 0. The van der Waals surface area contributed by atoms with E-state index in [4.69, 9.17) is 0 Å². The molecule has 3 rings (SSSR count). The molecule has 3 fully saturated rings. The second-order valence-electron chi connectivity index (χ2n) is 7.73. The lowest BCUT2D eigenvalue weighted by molar-refractivity contribution is 0.0762. The van der Waals surface area contributed by atoms with E-state index in [0.717, 1.165) is 23.7 Å². The van der Waals surface area contributed by atoms with Crippen LogP contribution in [0.2, 0.25) is 0 Å². The minimum Gasteiger partial charge on any atom is -0.0648 e. The molecule has 7 atom stereocenters. The normalized spacial score (nSPS) is 67.9. The van der Waals surface area contributed by atoms with Crippen LogP contribution in [0.1, 0.15) is 60.8 Å². The van der Waals surface area contributed by atoms with E-state index in [0.29, 0.717) is 16.2 Å². The van der Waals surface area contributed by atoms with E-state index in [1.54, 1.807) is 0 Å². The zero-order valence-electron chi connectivity index (χ0n) is 11.9. The van der Waals surface area contributed by atoms with E-state index in [9.17, 15) is 0 Å². The third-order valence-electron chi connectivity index (χ3n) is 7.89. The molecule has 0 nitrogen and oxygen atoms in total. The summed E-state index contributed by atoms with van der Waals surface area (Å²) in [4.78, 5) is 0. The molecule has 92 valence electrons. The van der Waals surface area contributed by atoms with Crippen LogP contribution in [0.5, 0.6) is 0 Å². The van der Waals surface area contributed by atoms with E-state index in [1.807, 2.05) is 0 Å². The Balaban J connectivity index is 1.99. The summed E-state index contributed by atoms with van der Waals surface area (Å²) < 4.78 is 0. The fraction of sp³-hybridized carbons (Fsp3) is 1.00. The summed E-state index contributed by atoms with van der Waals surface area (Å²) in [7, 11) is 0. The molecule has 0 N–H and O–H groups in total. The van der Waals surface area contributed by atoms with Gasteiger partial charge in [0.15, 0.2) is 0 Å². The molecule has 3 saturated carbocycles. The molecular formula is C16H28. The number of hydrogen-bond donors (Lipinski definition) is 0. The molecule has 7 unspecified atom stereocenters. The first-order valence-electron chi connectivity index (χ1n) is 7.34. The van der Waals surface area contributed by atoms with Gasteiger partial charge in [-0.25, -0.2) is 0 Å². The van der Waals surface area contributed by atoms with Crippen molar-refractivity contribution in [2.24, 2.45) is 39.9 Å². The summed E-state index contributed by atoms with van der Waals surface area (Å²) in [5.74, 6) is 3.92. The number of fused-ring (bicyclic) bond motifs is 1. The summed E-state index contributed by atoms with van der Waals surface area (Å²) in [6.45, 7) is 15.2. The Hall–Kier alpha value is 0. The summed E-state index contributed by atoms with van der Waals surface area (Å²) in [5.41, 5.74) is 2.03. The van der Waals surface area contributed by atoms with Crippen LogP contribution < -0.4 is 0 Å². The van der Waals surface area contributed by atoms with Crippen molar-refractivity contribution in [1.29, 1.82) is 0 Å². The lowest BCUT2D eigenvalue weighted by Gasteiger charge is -2.40. The lowest BCUT2D eigenvalue weighted by Crippen LogP contribution is -2.35. The molecule has 0 saturated heterocycles. The maximum Gasteiger partial charge on any atom is -0.0207 e. The van der Waals surface area contributed by atoms with Crippen molar-refractivity contribution in [2.75, 3.05) is 0 Å². The highest BCUT2D eigenvalue weighted by Crippen LogP contribution is 2.86. The van der Waals surface area contributed by atoms with Crippen LogP contribution in [-0.2, 0) is 0 Å². The highest BCUT2D eigenvalue weighted by atomic mass is 14.8. The lowest BCUT2D eigenvalue weighted by atomic mass is 9.64. The first-order valence-corrected chi connectivity index (χ1v) is 7.34. The smallest absolute Gasteiger partial charge is 0.0207 e. The predicted molar refractivity (Wildman–Crippen MR) is 69.2 cm³/mol. The monoisotopic (exact) mass is 220 g/mol. The predicted octanol–water partition coefficient (Wildman–Crippen LogP) is 4.74. The Bertz CT molecular complexity index is 333. The molecule has 0 bridgehead atoms. The second-order valence-corrected chi connectivity index (χ2v) is 7.73.